The third-order valence-corrected chi connectivity index (χ3v) is 7.69. The summed E-state index contributed by atoms with van der Waals surface area (Å²) in [6, 6.07) is 13.4. The van der Waals surface area contributed by atoms with Crippen molar-refractivity contribution in [3.8, 4) is 23.1 Å². The molecule has 0 saturated carbocycles. The van der Waals surface area contributed by atoms with E-state index >= 15 is 4.39 Å². The van der Waals surface area contributed by atoms with Crippen molar-refractivity contribution in [2.75, 3.05) is 34.4 Å². The van der Waals surface area contributed by atoms with Gasteiger partial charge in [0.1, 0.15) is 12.9 Å². The number of likely N-dealkylation sites (N-methyl/N-ethyl adjacent to an activating group) is 1. The Hall–Kier alpha value is -4.83. The van der Waals surface area contributed by atoms with Crippen molar-refractivity contribution < 1.29 is 23.4 Å². The van der Waals surface area contributed by atoms with Crippen LogP contribution in [0.3, 0.4) is 0 Å². The minimum Gasteiger partial charge on any atom is -0.493 e. The number of carbonyl (C=O) groups excluding carboxylic acids is 1. The highest BCUT2D eigenvalue weighted by Crippen LogP contribution is 2.36. The average Bonchev–Trinajstić information content (AvgIpc) is 3.00. The fourth-order valence-electron chi connectivity index (χ4n) is 5.10. The van der Waals surface area contributed by atoms with Crippen LogP contribution in [0.25, 0.3) is 21.8 Å². The molecule has 0 aliphatic carbocycles. The summed E-state index contributed by atoms with van der Waals surface area (Å²) in [5, 5.41) is 1.01. The molecule has 0 spiro atoms. The number of Topliss-reactive ketones (excluding diaryl/α,β-unsaturated/α-hetero) is 1. The van der Waals surface area contributed by atoms with Crippen molar-refractivity contribution in [3.63, 3.8) is 0 Å². The standard InChI is InChI=1S/C34H35FN4O5/c1-7-21-8-10-27-24(14-21)33(41)32(20(2)39(27)5)28(40)16-22-9-11-29(25(35)15-22)44-34-23-17-30(42-6)31(43-13-12-38(3)4)18-26(23)36-19-37-34/h8-11,14-15,17-19H,7,12-13,16H2,1-6H3. The van der Waals surface area contributed by atoms with Crippen LogP contribution in [0.2, 0.25) is 0 Å². The molecule has 10 heteroatoms. The highest BCUT2D eigenvalue weighted by atomic mass is 19.1. The van der Waals surface area contributed by atoms with Crippen molar-refractivity contribution in [1.82, 2.24) is 19.4 Å². The number of hydrogen-bond donors (Lipinski definition) is 0. The lowest BCUT2D eigenvalue weighted by Gasteiger charge is -2.15. The van der Waals surface area contributed by atoms with E-state index in [2.05, 4.69) is 9.97 Å². The van der Waals surface area contributed by atoms with E-state index in [1.165, 1.54) is 25.6 Å². The maximum Gasteiger partial charge on any atom is 0.230 e. The fourth-order valence-corrected chi connectivity index (χ4v) is 5.10. The third kappa shape index (κ3) is 6.12. The summed E-state index contributed by atoms with van der Waals surface area (Å²) < 4.78 is 34.4. The Labute approximate surface area is 254 Å². The number of rotatable bonds is 11. The fraction of sp³-hybridized carbons (Fsp3) is 0.294. The summed E-state index contributed by atoms with van der Waals surface area (Å²) in [4.78, 5) is 37.4. The predicted molar refractivity (Wildman–Crippen MR) is 168 cm³/mol. The molecule has 3 aromatic carbocycles. The molecule has 5 rings (SSSR count). The second kappa shape index (κ2) is 12.8. The van der Waals surface area contributed by atoms with Gasteiger partial charge in [-0.2, -0.15) is 0 Å². The van der Waals surface area contributed by atoms with Crippen LogP contribution in [-0.2, 0) is 19.9 Å². The molecule has 0 N–H and O–H groups in total. The van der Waals surface area contributed by atoms with E-state index in [0.717, 1.165) is 24.0 Å². The minimum absolute atomic E-state index is 0.0728. The van der Waals surface area contributed by atoms with Crippen LogP contribution in [0.4, 0.5) is 4.39 Å². The Balaban J connectivity index is 1.40. The first kappa shape index (κ1) is 30.6. The number of halogens is 1. The van der Waals surface area contributed by atoms with Gasteiger partial charge in [0.15, 0.2) is 34.3 Å². The number of nitrogens with zero attached hydrogens (tertiary/aromatic N) is 4. The Morgan fingerprint density at radius 1 is 0.977 bits per heavy atom. The Bertz CT molecular complexity index is 1940. The van der Waals surface area contributed by atoms with Crippen molar-refractivity contribution in [2.24, 2.45) is 7.05 Å². The van der Waals surface area contributed by atoms with Gasteiger partial charge in [-0.25, -0.2) is 14.4 Å². The summed E-state index contributed by atoms with van der Waals surface area (Å²) >= 11 is 0. The molecule has 0 aliphatic rings. The van der Waals surface area contributed by atoms with Gasteiger partial charge in [-0.05, 0) is 68.9 Å². The number of benzene rings is 3. The number of ketones is 1. The lowest BCUT2D eigenvalue weighted by molar-refractivity contribution is 0.0990. The van der Waals surface area contributed by atoms with Crippen molar-refractivity contribution in [2.45, 2.75) is 26.7 Å². The van der Waals surface area contributed by atoms with E-state index in [4.69, 9.17) is 14.2 Å². The van der Waals surface area contributed by atoms with E-state index in [9.17, 15) is 9.59 Å². The van der Waals surface area contributed by atoms with E-state index in [1.54, 1.807) is 25.1 Å². The number of hydrogen-bond acceptors (Lipinski definition) is 8. The average molecular weight is 599 g/mol. The molecule has 9 nitrogen and oxygen atoms in total. The van der Waals surface area contributed by atoms with Crippen LogP contribution in [0.5, 0.6) is 23.1 Å². The number of fused-ring (bicyclic) bond motifs is 2. The van der Waals surface area contributed by atoms with Gasteiger partial charge in [-0.15, -0.1) is 0 Å². The highest BCUT2D eigenvalue weighted by Gasteiger charge is 2.21. The molecule has 5 aromatic rings. The van der Waals surface area contributed by atoms with Gasteiger partial charge in [-0.1, -0.05) is 19.1 Å². The third-order valence-electron chi connectivity index (χ3n) is 7.69. The van der Waals surface area contributed by atoms with Gasteiger partial charge in [-0.3, -0.25) is 9.59 Å². The molecule has 2 heterocycles. The van der Waals surface area contributed by atoms with Gasteiger partial charge in [0.25, 0.3) is 0 Å². The molecule has 0 radical (unpaired) electrons. The molecule has 0 fully saturated rings. The molecule has 0 bridgehead atoms. The summed E-state index contributed by atoms with van der Waals surface area (Å²) in [6.07, 6.45) is 1.96. The van der Waals surface area contributed by atoms with Crippen LogP contribution in [0, 0.1) is 12.7 Å². The molecular weight excluding hydrogens is 563 g/mol. The zero-order valence-electron chi connectivity index (χ0n) is 25.7. The number of ether oxygens (including phenoxy) is 3. The number of aromatic nitrogens is 3. The lowest BCUT2D eigenvalue weighted by Crippen LogP contribution is -2.23. The molecule has 0 saturated heterocycles. The van der Waals surface area contributed by atoms with E-state index in [0.29, 0.717) is 45.7 Å². The Kier molecular flexibility index (Phi) is 8.91. The van der Waals surface area contributed by atoms with Crippen LogP contribution < -0.4 is 19.6 Å². The first-order valence-corrected chi connectivity index (χ1v) is 14.3. The van der Waals surface area contributed by atoms with Crippen molar-refractivity contribution >= 4 is 27.6 Å². The first-order chi connectivity index (χ1) is 21.1. The topological polar surface area (TPSA) is 95.8 Å². The largest absolute Gasteiger partial charge is 0.493 e. The van der Waals surface area contributed by atoms with Gasteiger partial charge >= 0.3 is 0 Å². The van der Waals surface area contributed by atoms with Gasteiger partial charge in [0, 0.05) is 37.2 Å². The van der Waals surface area contributed by atoms with E-state index < -0.39 is 5.82 Å². The van der Waals surface area contributed by atoms with Crippen LogP contribution in [-0.4, -0.2) is 59.6 Å². The van der Waals surface area contributed by atoms with E-state index in [-0.39, 0.29) is 34.8 Å². The first-order valence-electron chi connectivity index (χ1n) is 14.3. The normalized spacial score (nSPS) is 11.4. The highest BCUT2D eigenvalue weighted by molar-refractivity contribution is 6.01. The molecule has 0 aliphatic heterocycles. The van der Waals surface area contributed by atoms with Crippen LogP contribution in [0.1, 0.15) is 34.1 Å². The summed E-state index contributed by atoms with van der Waals surface area (Å²) in [7, 11) is 7.27. The molecular formula is C34H35FN4O5. The summed E-state index contributed by atoms with van der Waals surface area (Å²) in [5.41, 5.74) is 3.09. The maximum atomic E-state index is 15.3. The zero-order valence-corrected chi connectivity index (χ0v) is 25.7. The molecule has 2 aromatic heterocycles. The van der Waals surface area contributed by atoms with E-state index in [1.807, 2.05) is 55.7 Å². The molecule has 0 unspecified atom stereocenters. The minimum atomic E-state index is -0.673. The SMILES string of the molecule is CCc1ccc2c(c1)c(=O)c(C(=O)Cc1ccc(Oc3ncnc4cc(OCCN(C)C)c(OC)cc34)c(F)c1)c(C)n2C. The van der Waals surface area contributed by atoms with Gasteiger partial charge < -0.3 is 23.7 Å². The zero-order chi connectivity index (χ0) is 31.5. The smallest absolute Gasteiger partial charge is 0.230 e. The molecule has 44 heavy (non-hydrogen) atoms. The summed E-state index contributed by atoms with van der Waals surface area (Å²) in [6.45, 7) is 4.94. The van der Waals surface area contributed by atoms with Crippen molar-refractivity contribution in [3.05, 3.63) is 93.3 Å². The maximum absolute atomic E-state index is 15.3. The van der Waals surface area contributed by atoms with Crippen LogP contribution >= 0.6 is 0 Å². The number of methoxy groups -OCH3 is 1. The predicted octanol–water partition coefficient (Wildman–Crippen LogP) is 5.66. The van der Waals surface area contributed by atoms with Crippen molar-refractivity contribution in [1.29, 1.82) is 0 Å². The number of aryl methyl sites for hydroxylation is 2. The molecule has 0 atom stereocenters. The van der Waals surface area contributed by atoms with Gasteiger partial charge in [0.2, 0.25) is 5.88 Å². The Morgan fingerprint density at radius 3 is 2.45 bits per heavy atom. The second-order valence-corrected chi connectivity index (χ2v) is 10.9. The molecule has 0 amide bonds. The quantitative estimate of drug-likeness (QED) is 0.180. The molecule has 228 valence electrons. The second-order valence-electron chi connectivity index (χ2n) is 10.9. The Morgan fingerprint density at radius 2 is 1.75 bits per heavy atom. The van der Waals surface area contributed by atoms with Crippen LogP contribution in [0.15, 0.2) is 59.7 Å². The number of carbonyl (C=O) groups is 1. The lowest BCUT2D eigenvalue weighted by atomic mass is 9.98. The monoisotopic (exact) mass is 598 g/mol. The summed E-state index contributed by atoms with van der Waals surface area (Å²) in [5.74, 6) is 0.0000867. The van der Waals surface area contributed by atoms with Gasteiger partial charge in [0.05, 0.1) is 29.1 Å². The number of pyridine rings is 1.